The van der Waals surface area contributed by atoms with Crippen LogP contribution in [0.5, 0.6) is 0 Å². The maximum absolute atomic E-state index is 11.7. The SMILES string of the molecule is O=C(NCc1cnc[nH]1)C1CSCCN1. The van der Waals surface area contributed by atoms with Crippen molar-refractivity contribution in [3.8, 4) is 0 Å². The Kier molecular flexibility index (Phi) is 3.63. The van der Waals surface area contributed by atoms with E-state index in [0.717, 1.165) is 23.7 Å². The van der Waals surface area contributed by atoms with Crippen LogP contribution in [0, 0.1) is 0 Å². The van der Waals surface area contributed by atoms with Gasteiger partial charge in [-0.1, -0.05) is 0 Å². The van der Waals surface area contributed by atoms with Crippen molar-refractivity contribution >= 4 is 17.7 Å². The van der Waals surface area contributed by atoms with Crippen LogP contribution in [-0.4, -0.2) is 40.0 Å². The minimum Gasteiger partial charge on any atom is -0.349 e. The monoisotopic (exact) mass is 226 g/mol. The zero-order valence-corrected chi connectivity index (χ0v) is 9.14. The van der Waals surface area contributed by atoms with Gasteiger partial charge >= 0.3 is 0 Å². The molecule has 1 unspecified atom stereocenters. The standard InChI is InChI=1S/C9H14N4OS/c14-9(8-5-15-2-1-11-8)12-4-7-3-10-6-13-7/h3,6,8,11H,1-2,4-5H2,(H,10,13)(H,12,14). The van der Waals surface area contributed by atoms with Gasteiger partial charge in [-0.15, -0.1) is 0 Å². The van der Waals surface area contributed by atoms with Crippen molar-refractivity contribution in [3.05, 3.63) is 18.2 Å². The summed E-state index contributed by atoms with van der Waals surface area (Å²) in [6, 6.07) is -0.0494. The normalized spacial score (nSPS) is 21.2. The first-order valence-corrected chi connectivity index (χ1v) is 6.08. The number of nitrogens with one attached hydrogen (secondary N) is 3. The third-order valence-electron chi connectivity index (χ3n) is 2.25. The molecule has 0 radical (unpaired) electrons. The van der Waals surface area contributed by atoms with E-state index in [1.165, 1.54) is 0 Å². The maximum Gasteiger partial charge on any atom is 0.238 e. The molecule has 2 rings (SSSR count). The Morgan fingerprint density at radius 3 is 3.33 bits per heavy atom. The van der Waals surface area contributed by atoms with Gasteiger partial charge in [0.1, 0.15) is 0 Å². The van der Waals surface area contributed by atoms with Gasteiger partial charge in [0.05, 0.1) is 24.6 Å². The highest BCUT2D eigenvalue weighted by Gasteiger charge is 2.20. The maximum atomic E-state index is 11.7. The fourth-order valence-electron chi connectivity index (χ4n) is 1.42. The van der Waals surface area contributed by atoms with E-state index in [-0.39, 0.29) is 11.9 Å². The summed E-state index contributed by atoms with van der Waals surface area (Å²) in [5.41, 5.74) is 0.923. The number of amides is 1. The summed E-state index contributed by atoms with van der Waals surface area (Å²) >= 11 is 1.81. The Hall–Kier alpha value is -1.01. The third-order valence-corrected chi connectivity index (χ3v) is 3.31. The van der Waals surface area contributed by atoms with Crippen LogP contribution in [0.1, 0.15) is 5.69 Å². The second-order valence-corrected chi connectivity index (χ2v) is 4.53. The Morgan fingerprint density at radius 1 is 1.73 bits per heavy atom. The number of carbonyl (C=O) groups is 1. The molecule has 15 heavy (non-hydrogen) atoms. The molecule has 1 aromatic heterocycles. The van der Waals surface area contributed by atoms with Crippen LogP contribution in [0.25, 0.3) is 0 Å². The van der Waals surface area contributed by atoms with Crippen molar-refractivity contribution in [2.75, 3.05) is 18.1 Å². The average Bonchev–Trinajstić information content (AvgIpc) is 2.80. The summed E-state index contributed by atoms with van der Waals surface area (Å²) in [6.07, 6.45) is 3.32. The molecule has 1 aromatic rings. The summed E-state index contributed by atoms with van der Waals surface area (Å²) in [4.78, 5) is 18.5. The molecule has 0 saturated carbocycles. The molecule has 2 heterocycles. The number of nitrogens with zero attached hydrogens (tertiary/aromatic N) is 1. The number of hydrogen-bond donors (Lipinski definition) is 3. The summed E-state index contributed by atoms with van der Waals surface area (Å²) < 4.78 is 0. The van der Waals surface area contributed by atoms with E-state index in [9.17, 15) is 4.79 Å². The minimum atomic E-state index is -0.0494. The van der Waals surface area contributed by atoms with Crippen molar-refractivity contribution in [2.24, 2.45) is 0 Å². The number of thioether (sulfide) groups is 1. The van der Waals surface area contributed by atoms with E-state index in [0.29, 0.717) is 6.54 Å². The van der Waals surface area contributed by atoms with Crippen LogP contribution in [0.3, 0.4) is 0 Å². The van der Waals surface area contributed by atoms with Gasteiger partial charge in [0.25, 0.3) is 0 Å². The highest BCUT2D eigenvalue weighted by atomic mass is 32.2. The fourth-order valence-corrected chi connectivity index (χ4v) is 2.35. The van der Waals surface area contributed by atoms with Crippen molar-refractivity contribution in [1.29, 1.82) is 0 Å². The molecule has 1 fully saturated rings. The molecule has 0 spiro atoms. The molecular weight excluding hydrogens is 212 g/mol. The van der Waals surface area contributed by atoms with Gasteiger partial charge in [-0.25, -0.2) is 4.98 Å². The number of hydrogen-bond acceptors (Lipinski definition) is 4. The van der Waals surface area contributed by atoms with Gasteiger partial charge in [0, 0.05) is 24.2 Å². The molecule has 5 nitrogen and oxygen atoms in total. The van der Waals surface area contributed by atoms with Gasteiger partial charge in [-0.05, 0) is 0 Å². The Bertz CT molecular complexity index is 308. The summed E-state index contributed by atoms with van der Waals surface area (Å²) in [5.74, 6) is 2.01. The summed E-state index contributed by atoms with van der Waals surface area (Å²) in [5, 5.41) is 6.06. The van der Waals surface area contributed by atoms with Crippen LogP contribution in [0.15, 0.2) is 12.5 Å². The number of H-pyrrole nitrogens is 1. The van der Waals surface area contributed by atoms with Gasteiger partial charge in [0.15, 0.2) is 0 Å². The summed E-state index contributed by atoms with van der Waals surface area (Å²) in [7, 11) is 0. The highest BCUT2D eigenvalue weighted by Crippen LogP contribution is 2.07. The summed E-state index contributed by atoms with van der Waals surface area (Å²) in [6.45, 7) is 1.43. The smallest absolute Gasteiger partial charge is 0.238 e. The van der Waals surface area contributed by atoms with Gasteiger partial charge in [0.2, 0.25) is 5.91 Å². The molecular formula is C9H14N4OS. The molecule has 1 saturated heterocycles. The van der Waals surface area contributed by atoms with E-state index >= 15 is 0 Å². The lowest BCUT2D eigenvalue weighted by atomic mass is 10.3. The Balaban J connectivity index is 1.76. The van der Waals surface area contributed by atoms with Crippen LogP contribution in [-0.2, 0) is 11.3 Å². The second kappa shape index (κ2) is 5.18. The Morgan fingerprint density at radius 2 is 2.67 bits per heavy atom. The third kappa shape index (κ3) is 2.97. The molecule has 0 aromatic carbocycles. The van der Waals surface area contributed by atoms with Gasteiger partial charge < -0.3 is 15.6 Å². The van der Waals surface area contributed by atoms with Crippen LogP contribution < -0.4 is 10.6 Å². The molecule has 1 aliphatic heterocycles. The predicted octanol–water partition coefficient (Wildman–Crippen LogP) is -0.269. The zero-order valence-electron chi connectivity index (χ0n) is 8.32. The fraction of sp³-hybridized carbons (Fsp3) is 0.556. The van der Waals surface area contributed by atoms with E-state index < -0.39 is 0 Å². The number of aromatic nitrogens is 2. The van der Waals surface area contributed by atoms with Crippen molar-refractivity contribution in [1.82, 2.24) is 20.6 Å². The molecule has 0 aliphatic carbocycles. The zero-order chi connectivity index (χ0) is 10.5. The number of rotatable bonds is 3. The molecule has 1 aliphatic rings. The topological polar surface area (TPSA) is 69.8 Å². The number of imidazole rings is 1. The second-order valence-electron chi connectivity index (χ2n) is 3.38. The van der Waals surface area contributed by atoms with E-state index in [4.69, 9.17) is 0 Å². The van der Waals surface area contributed by atoms with Crippen LogP contribution >= 0.6 is 11.8 Å². The molecule has 6 heteroatoms. The molecule has 1 amide bonds. The number of aromatic amines is 1. The molecule has 1 atom stereocenters. The molecule has 0 bridgehead atoms. The number of carbonyl (C=O) groups excluding carboxylic acids is 1. The van der Waals surface area contributed by atoms with Crippen molar-refractivity contribution < 1.29 is 4.79 Å². The lowest BCUT2D eigenvalue weighted by molar-refractivity contribution is -0.122. The predicted molar refractivity (Wildman–Crippen MR) is 59.6 cm³/mol. The molecule has 82 valence electrons. The van der Waals surface area contributed by atoms with Crippen LogP contribution in [0.2, 0.25) is 0 Å². The molecule has 3 N–H and O–H groups in total. The lowest BCUT2D eigenvalue weighted by Crippen LogP contribution is -2.48. The largest absolute Gasteiger partial charge is 0.349 e. The lowest BCUT2D eigenvalue weighted by Gasteiger charge is -2.21. The van der Waals surface area contributed by atoms with E-state index in [1.54, 1.807) is 12.5 Å². The van der Waals surface area contributed by atoms with E-state index in [1.807, 2.05) is 11.8 Å². The quantitative estimate of drug-likeness (QED) is 0.663. The highest BCUT2D eigenvalue weighted by molar-refractivity contribution is 7.99. The van der Waals surface area contributed by atoms with Gasteiger partial charge in [-0.2, -0.15) is 11.8 Å². The first kappa shape index (κ1) is 10.5. The average molecular weight is 226 g/mol. The van der Waals surface area contributed by atoms with Crippen molar-refractivity contribution in [2.45, 2.75) is 12.6 Å². The van der Waals surface area contributed by atoms with Crippen LogP contribution in [0.4, 0.5) is 0 Å². The first-order valence-electron chi connectivity index (χ1n) is 4.92. The Labute approximate surface area is 92.4 Å². The van der Waals surface area contributed by atoms with E-state index in [2.05, 4.69) is 20.6 Å². The first-order chi connectivity index (χ1) is 7.36. The van der Waals surface area contributed by atoms with Gasteiger partial charge in [-0.3, -0.25) is 4.79 Å². The van der Waals surface area contributed by atoms with Crippen molar-refractivity contribution in [3.63, 3.8) is 0 Å². The minimum absolute atomic E-state index is 0.0494.